The zero-order valence-electron chi connectivity index (χ0n) is 12.1. The molecule has 0 bridgehead atoms. The molecule has 3 nitrogen and oxygen atoms in total. The van der Waals surface area contributed by atoms with E-state index in [1.807, 2.05) is 0 Å². The maximum atomic E-state index is 4.62. The van der Waals surface area contributed by atoms with Crippen molar-refractivity contribution in [2.75, 3.05) is 5.32 Å². The molecule has 0 aliphatic heterocycles. The Kier molecular flexibility index (Phi) is 4.67. The maximum absolute atomic E-state index is 4.62. The average Bonchev–Trinajstić information content (AvgIpc) is 2.77. The third-order valence-corrected chi connectivity index (χ3v) is 4.21. The SMILES string of the molecule is CCC(Nc1nc(C)cn1CC)C1CCCCC1. The second-order valence-corrected chi connectivity index (χ2v) is 5.55. The lowest BCUT2D eigenvalue weighted by Gasteiger charge is -2.30. The number of imidazole rings is 1. The molecule has 0 saturated heterocycles. The van der Waals surface area contributed by atoms with Gasteiger partial charge in [0.25, 0.3) is 0 Å². The van der Waals surface area contributed by atoms with Crippen LogP contribution in [0.15, 0.2) is 6.20 Å². The molecule has 1 atom stereocenters. The summed E-state index contributed by atoms with van der Waals surface area (Å²) in [6.07, 6.45) is 10.3. The Morgan fingerprint density at radius 3 is 2.67 bits per heavy atom. The molecule has 1 aromatic rings. The highest BCUT2D eigenvalue weighted by atomic mass is 15.2. The van der Waals surface area contributed by atoms with Gasteiger partial charge in [-0.1, -0.05) is 26.2 Å². The summed E-state index contributed by atoms with van der Waals surface area (Å²) in [6.45, 7) is 7.52. The van der Waals surface area contributed by atoms with E-state index >= 15 is 0 Å². The lowest BCUT2D eigenvalue weighted by atomic mass is 9.83. The van der Waals surface area contributed by atoms with Crippen LogP contribution in [0.1, 0.15) is 58.1 Å². The fraction of sp³-hybridized carbons (Fsp3) is 0.800. The summed E-state index contributed by atoms with van der Waals surface area (Å²) in [5.74, 6) is 1.90. The molecule has 3 heteroatoms. The fourth-order valence-corrected chi connectivity index (χ4v) is 3.16. The molecule has 1 aromatic heterocycles. The van der Waals surface area contributed by atoms with Gasteiger partial charge in [-0.25, -0.2) is 4.98 Å². The van der Waals surface area contributed by atoms with E-state index in [9.17, 15) is 0 Å². The van der Waals surface area contributed by atoms with Crippen LogP contribution in [0.25, 0.3) is 0 Å². The highest BCUT2D eigenvalue weighted by molar-refractivity contribution is 5.30. The van der Waals surface area contributed by atoms with Gasteiger partial charge < -0.3 is 9.88 Å². The number of aromatic nitrogens is 2. The molecule has 1 heterocycles. The first-order chi connectivity index (χ1) is 8.74. The molecule has 0 amide bonds. The van der Waals surface area contributed by atoms with Crippen molar-refractivity contribution >= 4 is 5.95 Å². The van der Waals surface area contributed by atoms with E-state index in [2.05, 4.69) is 41.8 Å². The van der Waals surface area contributed by atoms with Crippen LogP contribution in [0, 0.1) is 12.8 Å². The summed E-state index contributed by atoms with van der Waals surface area (Å²) in [5, 5.41) is 3.69. The summed E-state index contributed by atoms with van der Waals surface area (Å²) in [5.41, 5.74) is 1.11. The van der Waals surface area contributed by atoms with Gasteiger partial charge in [-0.3, -0.25) is 0 Å². The highest BCUT2D eigenvalue weighted by Gasteiger charge is 2.23. The van der Waals surface area contributed by atoms with Crippen LogP contribution in [-0.4, -0.2) is 15.6 Å². The predicted octanol–water partition coefficient (Wildman–Crippen LogP) is 3.98. The third-order valence-electron chi connectivity index (χ3n) is 4.21. The molecule has 0 radical (unpaired) electrons. The maximum Gasteiger partial charge on any atom is 0.203 e. The standard InChI is InChI=1S/C15H27N3/c1-4-14(13-9-7-6-8-10-13)17-15-16-12(3)11-18(15)5-2/h11,13-14H,4-10H2,1-3H3,(H,16,17). The van der Waals surface area contributed by atoms with E-state index in [0.29, 0.717) is 6.04 Å². The average molecular weight is 249 g/mol. The lowest BCUT2D eigenvalue weighted by molar-refractivity contribution is 0.311. The number of nitrogens with one attached hydrogen (secondary N) is 1. The molecule has 102 valence electrons. The number of rotatable bonds is 5. The first-order valence-corrected chi connectivity index (χ1v) is 7.54. The van der Waals surface area contributed by atoms with Gasteiger partial charge in [-0.15, -0.1) is 0 Å². The Morgan fingerprint density at radius 2 is 2.06 bits per heavy atom. The van der Waals surface area contributed by atoms with Gasteiger partial charge in [0, 0.05) is 18.8 Å². The first kappa shape index (κ1) is 13.4. The smallest absolute Gasteiger partial charge is 0.203 e. The van der Waals surface area contributed by atoms with E-state index < -0.39 is 0 Å². The lowest BCUT2D eigenvalue weighted by Crippen LogP contribution is -2.31. The largest absolute Gasteiger partial charge is 0.353 e. The number of hydrogen-bond acceptors (Lipinski definition) is 2. The van der Waals surface area contributed by atoms with Gasteiger partial charge in [0.2, 0.25) is 5.95 Å². The van der Waals surface area contributed by atoms with Gasteiger partial charge in [-0.05, 0) is 39.0 Å². The van der Waals surface area contributed by atoms with Gasteiger partial charge in [0.1, 0.15) is 0 Å². The highest BCUT2D eigenvalue weighted by Crippen LogP contribution is 2.29. The molecular formula is C15H27N3. The third kappa shape index (κ3) is 3.06. The van der Waals surface area contributed by atoms with E-state index in [4.69, 9.17) is 0 Å². The molecule has 1 N–H and O–H groups in total. The van der Waals surface area contributed by atoms with Crippen LogP contribution in [0.2, 0.25) is 0 Å². The van der Waals surface area contributed by atoms with Crippen LogP contribution >= 0.6 is 0 Å². The monoisotopic (exact) mass is 249 g/mol. The van der Waals surface area contributed by atoms with Crippen LogP contribution in [0.4, 0.5) is 5.95 Å². The molecule has 1 saturated carbocycles. The summed E-state index contributed by atoms with van der Waals surface area (Å²) in [7, 11) is 0. The van der Waals surface area contributed by atoms with Crippen molar-refractivity contribution in [2.24, 2.45) is 5.92 Å². The van der Waals surface area contributed by atoms with E-state index in [-0.39, 0.29) is 0 Å². The summed E-state index contributed by atoms with van der Waals surface area (Å²) in [6, 6.07) is 0.595. The molecule has 1 fully saturated rings. The molecule has 1 aliphatic rings. The summed E-state index contributed by atoms with van der Waals surface area (Å²) < 4.78 is 2.22. The number of aryl methyl sites for hydroxylation is 2. The summed E-state index contributed by atoms with van der Waals surface area (Å²) in [4.78, 5) is 4.62. The number of hydrogen-bond donors (Lipinski definition) is 1. The Bertz CT molecular complexity index is 364. The topological polar surface area (TPSA) is 29.9 Å². The number of nitrogens with zero attached hydrogens (tertiary/aromatic N) is 2. The first-order valence-electron chi connectivity index (χ1n) is 7.54. The second kappa shape index (κ2) is 6.26. The molecule has 0 spiro atoms. The van der Waals surface area contributed by atoms with Crippen LogP contribution < -0.4 is 5.32 Å². The molecule has 0 aromatic carbocycles. The van der Waals surface area contributed by atoms with Gasteiger partial charge in [-0.2, -0.15) is 0 Å². The van der Waals surface area contributed by atoms with Crippen molar-refractivity contribution in [3.05, 3.63) is 11.9 Å². The van der Waals surface area contributed by atoms with Crippen LogP contribution in [0.5, 0.6) is 0 Å². The Balaban J connectivity index is 2.04. The minimum absolute atomic E-state index is 0.595. The van der Waals surface area contributed by atoms with Crippen molar-refractivity contribution in [1.82, 2.24) is 9.55 Å². The van der Waals surface area contributed by atoms with Gasteiger partial charge >= 0.3 is 0 Å². The molecular weight excluding hydrogens is 222 g/mol. The quantitative estimate of drug-likeness (QED) is 0.855. The van der Waals surface area contributed by atoms with E-state index in [0.717, 1.165) is 24.1 Å². The van der Waals surface area contributed by atoms with E-state index in [1.54, 1.807) is 0 Å². The fourth-order valence-electron chi connectivity index (χ4n) is 3.16. The second-order valence-electron chi connectivity index (χ2n) is 5.55. The van der Waals surface area contributed by atoms with Gasteiger partial charge in [0.05, 0.1) is 5.69 Å². The zero-order chi connectivity index (χ0) is 13.0. The molecule has 1 aliphatic carbocycles. The molecule has 1 unspecified atom stereocenters. The predicted molar refractivity (Wildman–Crippen MR) is 76.9 cm³/mol. The Labute approximate surface area is 111 Å². The molecule has 18 heavy (non-hydrogen) atoms. The number of anilines is 1. The molecule has 2 rings (SSSR count). The normalized spacial score (nSPS) is 18.8. The van der Waals surface area contributed by atoms with Crippen molar-refractivity contribution in [2.45, 2.75) is 71.9 Å². The Morgan fingerprint density at radius 1 is 1.33 bits per heavy atom. The van der Waals surface area contributed by atoms with Crippen LogP contribution in [-0.2, 0) is 6.54 Å². The minimum Gasteiger partial charge on any atom is -0.353 e. The van der Waals surface area contributed by atoms with Gasteiger partial charge in [0.15, 0.2) is 0 Å². The summed E-state index contributed by atoms with van der Waals surface area (Å²) >= 11 is 0. The van der Waals surface area contributed by atoms with Crippen molar-refractivity contribution in [3.8, 4) is 0 Å². The van der Waals surface area contributed by atoms with Crippen molar-refractivity contribution in [1.29, 1.82) is 0 Å². The van der Waals surface area contributed by atoms with E-state index in [1.165, 1.54) is 38.5 Å². The van der Waals surface area contributed by atoms with Crippen molar-refractivity contribution in [3.63, 3.8) is 0 Å². The van der Waals surface area contributed by atoms with Crippen LogP contribution in [0.3, 0.4) is 0 Å². The zero-order valence-corrected chi connectivity index (χ0v) is 12.1. The Hall–Kier alpha value is -0.990. The van der Waals surface area contributed by atoms with Crippen molar-refractivity contribution < 1.29 is 0 Å². The minimum atomic E-state index is 0.595.